The number of carboxylic acid groups (broad SMARTS) is 1. The molecule has 0 unspecified atom stereocenters. The first-order valence-corrected chi connectivity index (χ1v) is 13.6. The number of carboxylic acids is 1. The molecule has 1 saturated carbocycles. The Balaban J connectivity index is 1.76. The van der Waals surface area contributed by atoms with Crippen LogP contribution in [0.5, 0.6) is 5.75 Å². The molecule has 2 aromatic carbocycles. The van der Waals surface area contributed by atoms with E-state index in [9.17, 15) is 15.0 Å². The minimum Gasteiger partial charge on any atom is -0.491 e. The van der Waals surface area contributed by atoms with E-state index in [2.05, 4.69) is 51.1 Å². The van der Waals surface area contributed by atoms with Gasteiger partial charge >= 0.3 is 5.97 Å². The molecule has 5 heteroatoms. The maximum absolute atomic E-state index is 10.8. The average Bonchev–Trinajstić information content (AvgIpc) is 3.29. The maximum atomic E-state index is 10.8. The molecule has 0 amide bonds. The normalized spacial score (nSPS) is 16.2. The molecule has 3 N–H and O–H groups in total. The third-order valence-electron chi connectivity index (χ3n) is 8.35. The highest BCUT2D eigenvalue weighted by molar-refractivity contribution is 5.66. The van der Waals surface area contributed by atoms with Crippen molar-refractivity contribution in [2.45, 2.75) is 109 Å². The van der Waals surface area contributed by atoms with Crippen LogP contribution in [-0.2, 0) is 16.6 Å². The van der Waals surface area contributed by atoms with E-state index in [1.807, 2.05) is 13.0 Å². The van der Waals surface area contributed by atoms with Crippen LogP contribution in [0.25, 0.3) is 0 Å². The van der Waals surface area contributed by atoms with Crippen LogP contribution >= 0.6 is 0 Å². The molecule has 0 aromatic heterocycles. The van der Waals surface area contributed by atoms with E-state index < -0.39 is 17.7 Å². The Labute approximate surface area is 216 Å². The van der Waals surface area contributed by atoms with Gasteiger partial charge < -0.3 is 20.1 Å². The third kappa shape index (κ3) is 6.68. The summed E-state index contributed by atoms with van der Waals surface area (Å²) in [6, 6.07) is 13.1. The zero-order valence-corrected chi connectivity index (χ0v) is 22.5. The van der Waals surface area contributed by atoms with Gasteiger partial charge in [0, 0.05) is 11.8 Å². The lowest BCUT2D eigenvalue weighted by atomic mass is 9.69. The summed E-state index contributed by atoms with van der Waals surface area (Å²) in [5.74, 6) is -0.204. The Morgan fingerprint density at radius 3 is 2.19 bits per heavy atom. The number of rotatable bonds is 13. The van der Waals surface area contributed by atoms with Crippen molar-refractivity contribution in [2.24, 2.45) is 0 Å². The van der Waals surface area contributed by atoms with E-state index >= 15 is 0 Å². The largest absolute Gasteiger partial charge is 0.491 e. The van der Waals surface area contributed by atoms with Gasteiger partial charge in [-0.15, -0.1) is 0 Å². The number of aliphatic hydroxyl groups excluding tert-OH is 1. The summed E-state index contributed by atoms with van der Waals surface area (Å²) in [7, 11) is 0. The monoisotopic (exact) mass is 496 g/mol. The summed E-state index contributed by atoms with van der Waals surface area (Å²) >= 11 is 0. The SMILES string of the molecule is CCC(CC)(c1ccc(CCC2(O)CCCC2)c(C)c1)c1ccc(OC[C@@H](O)CCC(=O)O)c(C)c1. The Morgan fingerprint density at radius 1 is 1.03 bits per heavy atom. The first-order chi connectivity index (χ1) is 17.1. The zero-order valence-electron chi connectivity index (χ0n) is 22.5. The van der Waals surface area contributed by atoms with Crippen molar-refractivity contribution in [1.82, 2.24) is 0 Å². The van der Waals surface area contributed by atoms with Crippen LogP contribution in [0.3, 0.4) is 0 Å². The van der Waals surface area contributed by atoms with Gasteiger partial charge in [0.25, 0.3) is 0 Å². The second-order valence-corrected chi connectivity index (χ2v) is 10.7. The summed E-state index contributed by atoms with van der Waals surface area (Å²) in [6.07, 6.45) is 7.12. The molecule has 0 heterocycles. The number of hydrogen-bond acceptors (Lipinski definition) is 4. The smallest absolute Gasteiger partial charge is 0.303 e. The Kier molecular flexibility index (Phi) is 9.59. The molecule has 1 aliphatic carbocycles. The highest BCUT2D eigenvalue weighted by Gasteiger charge is 2.33. The molecule has 1 fully saturated rings. The lowest BCUT2D eigenvalue weighted by molar-refractivity contribution is -0.137. The van der Waals surface area contributed by atoms with Crippen molar-refractivity contribution in [3.8, 4) is 5.75 Å². The first kappa shape index (κ1) is 28.2. The molecule has 1 aliphatic rings. The number of benzene rings is 2. The van der Waals surface area contributed by atoms with Crippen molar-refractivity contribution in [2.75, 3.05) is 6.61 Å². The molecule has 0 aliphatic heterocycles. The van der Waals surface area contributed by atoms with Gasteiger partial charge in [-0.3, -0.25) is 4.79 Å². The van der Waals surface area contributed by atoms with Crippen LogP contribution in [0, 0.1) is 13.8 Å². The van der Waals surface area contributed by atoms with Gasteiger partial charge in [-0.25, -0.2) is 0 Å². The van der Waals surface area contributed by atoms with Crippen LogP contribution in [0.2, 0.25) is 0 Å². The molecule has 0 saturated heterocycles. The Morgan fingerprint density at radius 2 is 1.64 bits per heavy atom. The number of carbonyl (C=O) groups is 1. The van der Waals surface area contributed by atoms with Gasteiger partial charge in [0.2, 0.25) is 0 Å². The molecule has 3 rings (SSSR count). The first-order valence-electron chi connectivity index (χ1n) is 13.6. The molecule has 0 bridgehead atoms. The number of hydrogen-bond donors (Lipinski definition) is 3. The molecule has 36 heavy (non-hydrogen) atoms. The number of aryl methyl sites for hydroxylation is 3. The second-order valence-electron chi connectivity index (χ2n) is 10.7. The highest BCUT2D eigenvalue weighted by Crippen LogP contribution is 2.41. The summed E-state index contributed by atoms with van der Waals surface area (Å²) in [5.41, 5.74) is 5.57. The standard InChI is InChI=1S/C31H44O5/c1-5-31(6-2,25-10-9-24(22(3)19-25)15-18-30(35)16-7-8-17-30)26-11-13-28(23(4)20-26)36-21-27(32)12-14-29(33)34/h9-11,13,19-20,27,32,35H,5-8,12,14-18,21H2,1-4H3,(H,33,34)/t27-/m0/s1. The molecule has 198 valence electrons. The fourth-order valence-electron chi connectivity index (χ4n) is 5.83. The lowest BCUT2D eigenvalue weighted by Crippen LogP contribution is -2.27. The zero-order chi connectivity index (χ0) is 26.3. The molecule has 5 nitrogen and oxygen atoms in total. The predicted octanol–water partition coefficient (Wildman–Crippen LogP) is 6.25. The fourth-order valence-corrected chi connectivity index (χ4v) is 5.83. The summed E-state index contributed by atoms with van der Waals surface area (Å²) in [6.45, 7) is 8.75. The van der Waals surface area contributed by atoms with E-state index in [1.165, 1.54) is 22.3 Å². The molecule has 0 radical (unpaired) electrons. The van der Waals surface area contributed by atoms with E-state index in [-0.39, 0.29) is 24.9 Å². The van der Waals surface area contributed by atoms with Crippen molar-refractivity contribution in [3.63, 3.8) is 0 Å². The molecular formula is C31H44O5. The Bertz CT molecular complexity index is 1020. The van der Waals surface area contributed by atoms with Crippen LogP contribution in [0.4, 0.5) is 0 Å². The minimum atomic E-state index is -0.917. The Hall–Kier alpha value is -2.37. The van der Waals surface area contributed by atoms with Crippen molar-refractivity contribution >= 4 is 5.97 Å². The van der Waals surface area contributed by atoms with Gasteiger partial charge in [0.1, 0.15) is 12.4 Å². The highest BCUT2D eigenvalue weighted by atomic mass is 16.5. The van der Waals surface area contributed by atoms with Crippen LogP contribution in [-0.4, -0.2) is 39.6 Å². The lowest BCUT2D eigenvalue weighted by Gasteiger charge is -2.34. The van der Waals surface area contributed by atoms with E-state index in [4.69, 9.17) is 9.84 Å². The van der Waals surface area contributed by atoms with Crippen LogP contribution in [0.1, 0.15) is 99.5 Å². The number of aliphatic hydroxyl groups is 2. The van der Waals surface area contributed by atoms with E-state index in [1.54, 1.807) is 0 Å². The average molecular weight is 497 g/mol. The molecular weight excluding hydrogens is 452 g/mol. The van der Waals surface area contributed by atoms with Gasteiger partial charge in [0.15, 0.2) is 0 Å². The molecule has 2 aromatic rings. The van der Waals surface area contributed by atoms with Crippen molar-refractivity contribution in [3.05, 3.63) is 64.2 Å². The quantitative estimate of drug-likeness (QED) is 0.305. The molecule has 0 spiro atoms. The predicted molar refractivity (Wildman–Crippen MR) is 144 cm³/mol. The molecule has 1 atom stereocenters. The number of aliphatic carboxylic acids is 1. The van der Waals surface area contributed by atoms with E-state index in [0.717, 1.165) is 56.9 Å². The maximum Gasteiger partial charge on any atom is 0.303 e. The summed E-state index contributed by atoms with van der Waals surface area (Å²) in [5, 5.41) is 29.6. The summed E-state index contributed by atoms with van der Waals surface area (Å²) in [4.78, 5) is 10.7. The van der Waals surface area contributed by atoms with Crippen LogP contribution < -0.4 is 4.74 Å². The number of ether oxygens (including phenoxy) is 1. The topological polar surface area (TPSA) is 87.0 Å². The second kappa shape index (κ2) is 12.2. The minimum absolute atomic E-state index is 0.0724. The van der Waals surface area contributed by atoms with Gasteiger partial charge in [0.05, 0.1) is 11.7 Å². The fraction of sp³-hybridized carbons (Fsp3) is 0.581. The van der Waals surface area contributed by atoms with Gasteiger partial charge in [-0.2, -0.15) is 0 Å². The van der Waals surface area contributed by atoms with Gasteiger partial charge in [-0.05, 0) is 92.7 Å². The van der Waals surface area contributed by atoms with Crippen molar-refractivity contribution in [1.29, 1.82) is 0 Å². The summed E-state index contributed by atoms with van der Waals surface area (Å²) < 4.78 is 5.82. The van der Waals surface area contributed by atoms with Gasteiger partial charge in [-0.1, -0.05) is 57.0 Å². The van der Waals surface area contributed by atoms with Crippen molar-refractivity contribution < 1.29 is 24.9 Å². The third-order valence-corrected chi connectivity index (χ3v) is 8.35. The van der Waals surface area contributed by atoms with E-state index in [0.29, 0.717) is 5.75 Å². The van der Waals surface area contributed by atoms with Crippen LogP contribution in [0.15, 0.2) is 36.4 Å².